The third-order valence-electron chi connectivity index (χ3n) is 5.34. The second kappa shape index (κ2) is 9.16. The number of carbonyl (C=O) groups excluding carboxylic acids is 1. The average Bonchev–Trinajstić information content (AvgIpc) is 3.11. The standard InChI is InChI=1S/C26H25NO5/c1-27(15-17-7-5-4-6-8-17)16-20-21(28)11-10-19-25(29)24(32-26(19)20)14-18-9-12-22(30-2)23(13-18)31-3/h4-14,28H,15-16H2,1-3H3. The minimum Gasteiger partial charge on any atom is -0.507 e. The first-order valence-electron chi connectivity index (χ1n) is 10.2. The van der Waals surface area contributed by atoms with Crippen LogP contribution < -0.4 is 14.2 Å². The van der Waals surface area contributed by atoms with Gasteiger partial charge >= 0.3 is 0 Å². The van der Waals surface area contributed by atoms with Crippen LogP contribution in [0.15, 0.2) is 66.4 Å². The van der Waals surface area contributed by atoms with Gasteiger partial charge in [-0.3, -0.25) is 9.69 Å². The van der Waals surface area contributed by atoms with Crippen LogP contribution in [-0.2, 0) is 13.1 Å². The predicted molar refractivity (Wildman–Crippen MR) is 122 cm³/mol. The molecule has 0 aliphatic carbocycles. The molecule has 0 fully saturated rings. The molecule has 1 aliphatic heterocycles. The molecule has 0 amide bonds. The fourth-order valence-corrected chi connectivity index (χ4v) is 3.76. The van der Waals surface area contributed by atoms with Crippen molar-refractivity contribution in [3.8, 4) is 23.0 Å². The van der Waals surface area contributed by atoms with Crippen molar-refractivity contribution in [3.63, 3.8) is 0 Å². The van der Waals surface area contributed by atoms with Crippen LogP contribution in [-0.4, -0.2) is 37.1 Å². The second-order valence-electron chi connectivity index (χ2n) is 7.65. The first kappa shape index (κ1) is 21.5. The quantitative estimate of drug-likeness (QED) is 0.549. The number of carbonyl (C=O) groups is 1. The van der Waals surface area contributed by atoms with Crippen molar-refractivity contribution >= 4 is 11.9 Å². The number of phenolic OH excluding ortho intramolecular Hbond substituents is 1. The molecular weight excluding hydrogens is 406 g/mol. The van der Waals surface area contributed by atoms with E-state index < -0.39 is 0 Å². The van der Waals surface area contributed by atoms with Crippen LogP contribution >= 0.6 is 0 Å². The highest BCUT2D eigenvalue weighted by molar-refractivity contribution is 6.15. The van der Waals surface area contributed by atoms with E-state index in [1.807, 2.05) is 31.3 Å². The molecule has 1 heterocycles. The lowest BCUT2D eigenvalue weighted by molar-refractivity contribution is 0.101. The molecule has 0 spiro atoms. The monoisotopic (exact) mass is 431 g/mol. The number of fused-ring (bicyclic) bond motifs is 1. The summed E-state index contributed by atoms with van der Waals surface area (Å²) in [5, 5.41) is 10.5. The Bertz CT molecular complexity index is 1170. The van der Waals surface area contributed by atoms with E-state index in [1.54, 1.807) is 44.6 Å². The van der Waals surface area contributed by atoms with Crippen LogP contribution in [0.2, 0.25) is 0 Å². The number of hydrogen-bond acceptors (Lipinski definition) is 6. The minimum absolute atomic E-state index is 0.101. The van der Waals surface area contributed by atoms with Gasteiger partial charge in [0.2, 0.25) is 5.78 Å². The van der Waals surface area contributed by atoms with E-state index in [9.17, 15) is 9.90 Å². The highest BCUT2D eigenvalue weighted by Crippen LogP contribution is 2.40. The summed E-state index contributed by atoms with van der Waals surface area (Å²) in [6.45, 7) is 1.13. The zero-order valence-electron chi connectivity index (χ0n) is 18.3. The Morgan fingerprint density at radius 3 is 2.44 bits per heavy atom. The largest absolute Gasteiger partial charge is 0.507 e. The van der Waals surface area contributed by atoms with Crippen molar-refractivity contribution in [1.29, 1.82) is 0 Å². The molecule has 3 aromatic carbocycles. The predicted octanol–water partition coefficient (Wildman–Crippen LogP) is 4.66. The van der Waals surface area contributed by atoms with Crippen LogP contribution in [0.4, 0.5) is 0 Å². The first-order chi connectivity index (χ1) is 15.5. The van der Waals surface area contributed by atoms with Crippen LogP contribution in [0.1, 0.15) is 27.0 Å². The Morgan fingerprint density at radius 2 is 1.72 bits per heavy atom. The lowest BCUT2D eigenvalue weighted by atomic mass is 10.0. The number of benzene rings is 3. The van der Waals surface area contributed by atoms with Crippen molar-refractivity contribution in [2.24, 2.45) is 0 Å². The Kier molecular flexibility index (Phi) is 6.14. The molecule has 1 aliphatic rings. The van der Waals surface area contributed by atoms with Crippen molar-refractivity contribution in [1.82, 2.24) is 4.90 Å². The van der Waals surface area contributed by atoms with E-state index in [0.29, 0.717) is 41.5 Å². The number of ketones is 1. The van der Waals surface area contributed by atoms with Crippen molar-refractivity contribution < 1.29 is 24.1 Å². The third-order valence-corrected chi connectivity index (χ3v) is 5.34. The molecule has 4 rings (SSSR count). The minimum atomic E-state index is -0.221. The van der Waals surface area contributed by atoms with Gasteiger partial charge in [-0.1, -0.05) is 36.4 Å². The lowest BCUT2D eigenvalue weighted by Gasteiger charge is -2.19. The molecule has 0 saturated heterocycles. The van der Waals surface area contributed by atoms with Gasteiger partial charge in [0.25, 0.3) is 0 Å². The van der Waals surface area contributed by atoms with Crippen LogP contribution in [0.3, 0.4) is 0 Å². The summed E-state index contributed by atoms with van der Waals surface area (Å²) in [7, 11) is 5.09. The van der Waals surface area contributed by atoms with E-state index >= 15 is 0 Å². The second-order valence-corrected chi connectivity index (χ2v) is 7.65. The Labute approximate surface area is 187 Å². The molecular formula is C26H25NO5. The molecule has 3 aromatic rings. The number of ether oxygens (including phenoxy) is 3. The molecule has 32 heavy (non-hydrogen) atoms. The van der Waals surface area contributed by atoms with Gasteiger partial charge in [-0.25, -0.2) is 0 Å². The zero-order chi connectivity index (χ0) is 22.7. The summed E-state index contributed by atoms with van der Waals surface area (Å²) < 4.78 is 16.6. The van der Waals surface area contributed by atoms with Crippen LogP contribution in [0.25, 0.3) is 6.08 Å². The van der Waals surface area contributed by atoms with E-state index in [4.69, 9.17) is 14.2 Å². The van der Waals surface area contributed by atoms with Crippen molar-refractivity contribution in [2.75, 3.05) is 21.3 Å². The molecule has 0 bridgehead atoms. The van der Waals surface area contributed by atoms with Gasteiger partial charge in [0, 0.05) is 13.1 Å². The maximum atomic E-state index is 13.0. The Morgan fingerprint density at radius 1 is 0.969 bits per heavy atom. The summed E-state index contributed by atoms with van der Waals surface area (Å²) in [5.74, 6) is 1.65. The number of rotatable bonds is 7. The van der Waals surface area contributed by atoms with E-state index in [-0.39, 0.29) is 17.3 Å². The smallest absolute Gasteiger partial charge is 0.231 e. The van der Waals surface area contributed by atoms with Gasteiger partial charge in [0.05, 0.1) is 25.3 Å². The van der Waals surface area contributed by atoms with Gasteiger partial charge in [-0.2, -0.15) is 0 Å². The number of methoxy groups -OCH3 is 2. The fourth-order valence-electron chi connectivity index (χ4n) is 3.76. The molecule has 1 N–H and O–H groups in total. The average molecular weight is 431 g/mol. The van der Waals surface area contributed by atoms with E-state index in [1.165, 1.54) is 0 Å². The normalized spacial score (nSPS) is 13.9. The third kappa shape index (κ3) is 4.31. The molecule has 0 saturated carbocycles. The first-order valence-corrected chi connectivity index (χ1v) is 10.2. The van der Waals surface area contributed by atoms with Gasteiger partial charge in [0.1, 0.15) is 11.5 Å². The Balaban J connectivity index is 1.60. The number of phenols is 1. The molecule has 6 heteroatoms. The van der Waals surface area contributed by atoms with Crippen LogP contribution in [0.5, 0.6) is 23.0 Å². The van der Waals surface area contributed by atoms with E-state index in [2.05, 4.69) is 17.0 Å². The van der Waals surface area contributed by atoms with Crippen molar-refractivity contribution in [3.05, 3.63) is 88.7 Å². The van der Waals surface area contributed by atoms with Crippen molar-refractivity contribution in [2.45, 2.75) is 13.1 Å². The maximum Gasteiger partial charge on any atom is 0.231 e. The van der Waals surface area contributed by atoms with Gasteiger partial charge in [-0.15, -0.1) is 0 Å². The van der Waals surface area contributed by atoms with Gasteiger partial charge in [-0.05, 0) is 48.5 Å². The summed E-state index contributed by atoms with van der Waals surface area (Å²) >= 11 is 0. The number of hydrogen-bond donors (Lipinski definition) is 1. The topological polar surface area (TPSA) is 68.2 Å². The SMILES string of the molecule is COc1ccc(C=C2Oc3c(ccc(O)c3CN(C)Cc3ccccc3)C2=O)cc1OC. The molecule has 0 radical (unpaired) electrons. The van der Waals surface area contributed by atoms with Gasteiger partial charge in [0.15, 0.2) is 17.3 Å². The summed E-state index contributed by atoms with van der Waals surface area (Å²) in [5.41, 5.74) is 2.93. The summed E-state index contributed by atoms with van der Waals surface area (Å²) in [4.78, 5) is 15.0. The molecule has 0 aromatic heterocycles. The number of Topliss-reactive ketones (excluding diaryl/α,β-unsaturated/α-hetero) is 1. The highest BCUT2D eigenvalue weighted by atomic mass is 16.5. The highest BCUT2D eigenvalue weighted by Gasteiger charge is 2.31. The lowest BCUT2D eigenvalue weighted by Crippen LogP contribution is -2.17. The summed E-state index contributed by atoms with van der Waals surface area (Å²) in [6.07, 6.45) is 1.67. The molecule has 6 nitrogen and oxygen atoms in total. The molecule has 0 unspecified atom stereocenters. The number of nitrogens with zero attached hydrogens (tertiary/aromatic N) is 1. The van der Waals surface area contributed by atoms with E-state index in [0.717, 1.165) is 11.1 Å². The maximum absolute atomic E-state index is 13.0. The van der Waals surface area contributed by atoms with Gasteiger partial charge < -0.3 is 19.3 Å². The zero-order valence-corrected chi connectivity index (χ0v) is 18.3. The number of aromatic hydroxyl groups is 1. The molecule has 0 atom stereocenters. The molecule has 164 valence electrons. The fraction of sp³-hybridized carbons (Fsp3) is 0.192. The summed E-state index contributed by atoms with van der Waals surface area (Å²) in [6, 6.07) is 18.6. The number of allylic oxidation sites excluding steroid dienone is 1. The van der Waals surface area contributed by atoms with Crippen LogP contribution in [0, 0.1) is 0 Å². The Hall–Kier alpha value is -3.77.